The SMILES string of the molecule is CCc1ccc(C(Cc2ccc(Cl)s2)NC)s1. The van der Waals surface area contributed by atoms with Crippen molar-refractivity contribution in [2.24, 2.45) is 0 Å². The van der Waals surface area contributed by atoms with E-state index in [1.807, 2.05) is 24.5 Å². The predicted molar refractivity (Wildman–Crippen MR) is 78.5 cm³/mol. The summed E-state index contributed by atoms with van der Waals surface area (Å²) in [6, 6.07) is 8.95. The molecule has 4 heteroatoms. The molecule has 1 unspecified atom stereocenters. The highest BCUT2D eigenvalue weighted by Crippen LogP contribution is 2.29. The van der Waals surface area contributed by atoms with Crippen molar-refractivity contribution >= 4 is 34.3 Å². The molecule has 0 saturated carbocycles. The summed E-state index contributed by atoms with van der Waals surface area (Å²) >= 11 is 9.53. The number of hydrogen-bond donors (Lipinski definition) is 1. The number of rotatable bonds is 5. The Labute approximate surface area is 115 Å². The van der Waals surface area contributed by atoms with Gasteiger partial charge in [-0.2, -0.15) is 0 Å². The summed E-state index contributed by atoms with van der Waals surface area (Å²) < 4.78 is 0.871. The van der Waals surface area contributed by atoms with Crippen LogP contribution in [0.2, 0.25) is 4.34 Å². The third-order valence-electron chi connectivity index (χ3n) is 2.76. The largest absolute Gasteiger partial charge is 0.312 e. The van der Waals surface area contributed by atoms with Gasteiger partial charge in [0.25, 0.3) is 0 Å². The van der Waals surface area contributed by atoms with Gasteiger partial charge in [0, 0.05) is 27.1 Å². The topological polar surface area (TPSA) is 12.0 Å². The van der Waals surface area contributed by atoms with Crippen molar-refractivity contribution < 1.29 is 0 Å². The molecule has 0 saturated heterocycles. The Bertz CT molecular complexity index is 475. The van der Waals surface area contributed by atoms with E-state index in [0.717, 1.165) is 17.2 Å². The van der Waals surface area contributed by atoms with E-state index in [0.29, 0.717) is 6.04 Å². The fraction of sp³-hybridized carbons (Fsp3) is 0.385. The Kier molecular flexibility index (Phi) is 4.62. The molecule has 2 heterocycles. The van der Waals surface area contributed by atoms with E-state index in [1.165, 1.54) is 14.6 Å². The highest BCUT2D eigenvalue weighted by Gasteiger charge is 2.13. The van der Waals surface area contributed by atoms with Gasteiger partial charge in [-0.25, -0.2) is 0 Å². The maximum Gasteiger partial charge on any atom is 0.0931 e. The van der Waals surface area contributed by atoms with E-state index in [4.69, 9.17) is 11.6 Å². The first kappa shape index (κ1) is 13.1. The third kappa shape index (κ3) is 3.32. The monoisotopic (exact) mass is 285 g/mol. The van der Waals surface area contributed by atoms with Crippen LogP contribution in [0, 0.1) is 0 Å². The molecule has 2 aromatic heterocycles. The molecule has 0 spiro atoms. The average Bonchev–Trinajstić information content (AvgIpc) is 2.94. The zero-order valence-corrected chi connectivity index (χ0v) is 12.4. The molecule has 17 heavy (non-hydrogen) atoms. The molecule has 0 aliphatic carbocycles. The van der Waals surface area contributed by atoms with Gasteiger partial charge in [0.1, 0.15) is 0 Å². The molecule has 0 fully saturated rings. The summed E-state index contributed by atoms with van der Waals surface area (Å²) in [5, 5.41) is 3.39. The molecule has 2 rings (SSSR count). The second kappa shape index (κ2) is 6.01. The van der Waals surface area contributed by atoms with E-state index < -0.39 is 0 Å². The summed E-state index contributed by atoms with van der Waals surface area (Å²) in [6.07, 6.45) is 2.13. The standard InChI is InChI=1S/C13H16ClNS2/c1-3-9-4-6-12(16-9)11(15-2)8-10-5-7-13(14)17-10/h4-7,11,15H,3,8H2,1-2H3. The van der Waals surface area contributed by atoms with Crippen LogP contribution >= 0.6 is 34.3 Å². The van der Waals surface area contributed by atoms with Crippen LogP contribution in [0.1, 0.15) is 27.6 Å². The Balaban J connectivity index is 2.10. The minimum Gasteiger partial charge on any atom is -0.312 e. The van der Waals surface area contributed by atoms with Gasteiger partial charge in [0.05, 0.1) is 4.34 Å². The number of hydrogen-bond acceptors (Lipinski definition) is 3. The first-order valence-electron chi connectivity index (χ1n) is 5.73. The maximum atomic E-state index is 5.96. The van der Waals surface area contributed by atoms with Crippen molar-refractivity contribution in [3.05, 3.63) is 43.2 Å². The molecule has 1 N–H and O–H groups in total. The minimum atomic E-state index is 0.398. The highest BCUT2D eigenvalue weighted by molar-refractivity contribution is 7.16. The molecule has 1 atom stereocenters. The molecule has 1 nitrogen and oxygen atoms in total. The quantitative estimate of drug-likeness (QED) is 0.851. The van der Waals surface area contributed by atoms with Crippen molar-refractivity contribution in [2.45, 2.75) is 25.8 Å². The van der Waals surface area contributed by atoms with Gasteiger partial charge in [-0.15, -0.1) is 22.7 Å². The molecule has 0 aliphatic heterocycles. The van der Waals surface area contributed by atoms with Gasteiger partial charge in [-0.05, 0) is 37.7 Å². The summed E-state index contributed by atoms with van der Waals surface area (Å²) in [6.45, 7) is 2.20. The smallest absolute Gasteiger partial charge is 0.0931 e. The van der Waals surface area contributed by atoms with Gasteiger partial charge in [-0.1, -0.05) is 18.5 Å². The first-order chi connectivity index (χ1) is 8.22. The Morgan fingerprint density at radius 2 is 1.94 bits per heavy atom. The zero-order chi connectivity index (χ0) is 12.3. The van der Waals surface area contributed by atoms with E-state index in [-0.39, 0.29) is 0 Å². The molecule has 0 aromatic carbocycles. The van der Waals surface area contributed by atoms with Crippen molar-refractivity contribution in [1.29, 1.82) is 0 Å². The summed E-state index contributed by atoms with van der Waals surface area (Å²) in [5.74, 6) is 0. The van der Waals surface area contributed by atoms with Crippen LogP contribution in [0.5, 0.6) is 0 Å². The summed E-state index contributed by atoms with van der Waals surface area (Å²) in [7, 11) is 2.02. The van der Waals surface area contributed by atoms with Gasteiger partial charge < -0.3 is 5.32 Å². The van der Waals surface area contributed by atoms with Crippen LogP contribution in [0.15, 0.2) is 24.3 Å². The number of nitrogens with one attached hydrogen (secondary N) is 1. The lowest BCUT2D eigenvalue weighted by atomic mass is 10.1. The van der Waals surface area contributed by atoms with E-state index in [2.05, 4.69) is 30.4 Å². The van der Waals surface area contributed by atoms with E-state index in [9.17, 15) is 0 Å². The third-order valence-corrected chi connectivity index (χ3v) is 5.35. The summed E-state index contributed by atoms with van der Waals surface area (Å²) in [5.41, 5.74) is 0. The van der Waals surface area contributed by atoms with Gasteiger partial charge in [0.15, 0.2) is 0 Å². The first-order valence-corrected chi connectivity index (χ1v) is 7.74. The highest BCUT2D eigenvalue weighted by atomic mass is 35.5. The van der Waals surface area contributed by atoms with Crippen LogP contribution in [-0.4, -0.2) is 7.05 Å². The lowest BCUT2D eigenvalue weighted by Gasteiger charge is -2.13. The van der Waals surface area contributed by atoms with Crippen LogP contribution in [0.25, 0.3) is 0 Å². The Morgan fingerprint density at radius 1 is 1.18 bits per heavy atom. The average molecular weight is 286 g/mol. The normalized spacial score (nSPS) is 12.9. The maximum absolute atomic E-state index is 5.96. The van der Waals surface area contributed by atoms with Crippen LogP contribution in [-0.2, 0) is 12.8 Å². The van der Waals surface area contributed by atoms with Crippen LogP contribution in [0.4, 0.5) is 0 Å². The predicted octanol–water partition coefficient (Wildman–Crippen LogP) is 4.53. The summed E-state index contributed by atoms with van der Waals surface area (Å²) in [4.78, 5) is 4.19. The number of thiophene rings is 2. The second-order valence-electron chi connectivity index (χ2n) is 3.91. The van der Waals surface area contributed by atoms with Gasteiger partial charge in [0.2, 0.25) is 0 Å². The van der Waals surface area contributed by atoms with Gasteiger partial charge >= 0.3 is 0 Å². The molecule has 0 bridgehead atoms. The molecule has 2 aromatic rings. The van der Waals surface area contributed by atoms with E-state index in [1.54, 1.807) is 11.3 Å². The van der Waals surface area contributed by atoms with Gasteiger partial charge in [-0.3, -0.25) is 0 Å². The number of likely N-dealkylation sites (N-methyl/N-ethyl adjacent to an activating group) is 1. The van der Waals surface area contributed by atoms with Crippen LogP contribution in [0.3, 0.4) is 0 Å². The number of halogens is 1. The lowest BCUT2D eigenvalue weighted by molar-refractivity contribution is 0.607. The molecule has 0 aliphatic rings. The molecule has 0 amide bonds. The fourth-order valence-electron chi connectivity index (χ4n) is 1.78. The van der Waals surface area contributed by atoms with Crippen molar-refractivity contribution in [3.63, 3.8) is 0 Å². The Hall–Kier alpha value is -0.350. The lowest BCUT2D eigenvalue weighted by Crippen LogP contribution is -2.17. The molecule has 92 valence electrons. The molecular weight excluding hydrogens is 270 g/mol. The number of aryl methyl sites for hydroxylation is 1. The van der Waals surface area contributed by atoms with Crippen LogP contribution < -0.4 is 5.32 Å². The molecular formula is C13H16ClNS2. The van der Waals surface area contributed by atoms with E-state index >= 15 is 0 Å². The zero-order valence-electron chi connectivity index (χ0n) is 10.00. The van der Waals surface area contributed by atoms with Crippen molar-refractivity contribution in [1.82, 2.24) is 5.32 Å². The fourth-order valence-corrected chi connectivity index (χ4v) is 3.97. The Morgan fingerprint density at radius 3 is 2.47 bits per heavy atom. The second-order valence-corrected chi connectivity index (χ2v) is 6.91. The van der Waals surface area contributed by atoms with Crippen molar-refractivity contribution in [3.8, 4) is 0 Å². The van der Waals surface area contributed by atoms with Crippen molar-refractivity contribution in [2.75, 3.05) is 7.05 Å². The molecule has 0 radical (unpaired) electrons. The minimum absolute atomic E-state index is 0.398.